The van der Waals surface area contributed by atoms with E-state index in [4.69, 9.17) is 11.6 Å². The number of hydrogen-bond donors (Lipinski definition) is 1. The van der Waals surface area contributed by atoms with Crippen LogP contribution in [-0.4, -0.2) is 24.4 Å². The van der Waals surface area contributed by atoms with Crippen LogP contribution >= 0.6 is 23.4 Å². The lowest BCUT2D eigenvalue weighted by molar-refractivity contribution is 0.473. The molecule has 0 spiro atoms. The largest absolute Gasteiger partial charge is 0.508 e. The molecule has 8 heteroatoms. The monoisotopic (exact) mass is 390 g/mol. The summed E-state index contributed by atoms with van der Waals surface area (Å²) in [6.07, 6.45) is 3.00. The Labute approximate surface area is 160 Å². The van der Waals surface area contributed by atoms with Gasteiger partial charge in [-0.2, -0.15) is 5.10 Å². The first-order chi connectivity index (χ1) is 12.3. The van der Waals surface area contributed by atoms with Gasteiger partial charge in [0.15, 0.2) is 0 Å². The molecule has 3 aromatic rings. The number of rotatable bonds is 5. The molecule has 0 bridgehead atoms. The summed E-state index contributed by atoms with van der Waals surface area (Å²) in [5, 5.41) is 15.8. The number of aromatic hydroxyl groups is 1. The number of phenols is 1. The second-order valence-electron chi connectivity index (χ2n) is 6.20. The van der Waals surface area contributed by atoms with E-state index >= 15 is 0 Å². The molecule has 0 atom stereocenters. The third-order valence-electron chi connectivity index (χ3n) is 3.84. The van der Waals surface area contributed by atoms with Crippen molar-refractivity contribution >= 4 is 23.4 Å². The van der Waals surface area contributed by atoms with Gasteiger partial charge in [-0.05, 0) is 39.0 Å². The maximum Gasteiger partial charge on any atom is 0.253 e. The Morgan fingerprint density at radius 2 is 2.08 bits per heavy atom. The van der Waals surface area contributed by atoms with Gasteiger partial charge in [0.05, 0.1) is 18.6 Å². The lowest BCUT2D eigenvalue weighted by atomic mass is 10.2. The third-order valence-corrected chi connectivity index (χ3v) is 5.16. The highest BCUT2D eigenvalue weighted by Gasteiger charge is 2.19. The van der Waals surface area contributed by atoms with E-state index in [0.29, 0.717) is 11.6 Å². The van der Waals surface area contributed by atoms with E-state index in [1.54, 1.807) is 16.7 Å². The summed E-state index contributed by atoms with van der Waals surface area (Å²) in [7, 11) is 0. The fourth-order valence-electron chi connectivity index (χ4n) is 2.59. The molecule has 136 valence electrons. The van der Waals surface area contributed by atoms with Crippen molar-refractivity contribution in [1.29, 1.82) is 0 Å². The fraction of sp³-hybridized carbons (Fsp3) is 0.278. The number of aromatic nitrogens is 4. The summed E-state index contributed by atoms with van der Waals surface area (Å²) in [6, 6.07) is 6.52. The van der Waals surface area contributed by atoms with E-state index in [-0.39, 0.29) is 17.4 Å². The van der Waals surface area contributed by atoms with Crippen LogP contribution in [0.15, 0.2) is 51.5 Å². The number of nitrogens with zero attached hydrogens (tertiary/aromatic N) is 4. The Morgan fingerprint density at radius 3 is 2.73 bits per heavy atom. The molecule has 0 fully saturated rings. The summed E-state index contributed by atoms with van der Waals surface area (Å²) >= 11 is 7.53. The molecule has 0 aliphatic rings. The van der Waals surface area contributed by atoms with Crippen molar-refractivity contribution in [3.05, 3.63) is 63.4 Å². The first-order valence-corrected chi connectivity index (χ1v) is 9.30. The van der Waals surface area contributed by atoms with Crippen molar-refractivity contribution in [2.45, 2.75) is 43.3 Å². The highest BCUT2D eigenvalue weighted by Crippen LogP contribution is 2.36. The number of benzene rings is 1. The van der Waals surface area contributed by atoms with E-state index in [1.165, 1.54) is 36.4 Å². The van der Waals surface area contributed by atoms with Crippen molar-refractivity contribution in [1.82, 2.24) is 19.3 Å². The molecule has 0 saturated heterocycles. The molecule has 26 heavy (non-hydrogen) atoms. The molecule has 0 radical (unpaired) electrons. The molecule has 3 rings (SSSR count). The number of hydrogen-bond acceptors (Lipinski definition) is 5. The van der Waals surface area contributed by atoms with Crippen LogP contribution in [0.5, 0.6) is 5.75 Å². The maximum absolute atomic E-state index is 12.1. The first-order valence-electron chi connectivity index (χ1n) is 8.11. The van der Waals surface area contributed by atoms with Gasteiger partial charge in [-0.25, -0.2) is 4.98 Å². The summed E-state index contributed by atoms with van der Waals surface area (Å²) in [6.45, 7) is 6.40. The Bertz CT molecular complexity index is 977. The fourth-order valence-corrected chi connectivity index (χ4v) is 4.15. The molecule has 0 aliphatic carbocycles. The summed E-state index contributed by atoms with van der Waals surface area (Å²) in [5.74, 6) is 0.109. The molecule has 6 nitrogen and oxygen atoms in total. The molecule has 0 aliphatic heterocycles. The van der Waals surface area contributed by atoms with Crippen molar-refractivity contribution in [3.8, 4) is 5.75 Å². The van der Waals surface area contributed by atoms with Gasteiger partial charge in [-0.3, -0.25) is 14.0 Å². The Morgan fingerprint density at radius 1 is 1.31 bits per heavy atom. The molecular weight excluding hydrogens is 372 g/mol. The quantitative estimate of drug-likeness (QED) is 0.715. The van der Waals surface area contributed by atoms with E-state index in [1.807, 2.05) is 25.5 Å². The van der Waals surface area contributed by atoms with Crippen LogP contribution in [0.2, 0.25) is 5.02 Å². The van der Waals surface area contributed by atoms with Gasteiger partial charge in [0, 0.05) is 33.8 Å². The molecular formula is C18H19ClN4O2S. The molecule has 0 unspecified atom stereocenters. The number of aryl methyl sites for hydroxylation is 1. The van der Waals surface area contributed by atoms with Crippen LogP contribution in [0.1, 0.15) is 31.1 Å². The van der Waals surface area contributed by atoms with Gasteiger partial charge in [-0.15, -0.1) is 0 Å². The van der Waals surface area contributed by atoms with Gasteiger partial charge < -0.3 is 5.11 Å². The topological polar surface area (TPSA) is 72.9 Å². The summed E-state index contributed by atoms with van der Waals surface area (Å²) in [5.41, 5.74) is 1.68. The average Bonchev–Trinajstić information content (AvgIpc) is 2.85. The van der Waals surface area contributed by atoms with Gasteiger partial charge in [0.25, 0.3) is 5.56 Å². The van der Waals surface area contributed by atoms with Crippen LogP contribution in [0.25, 0.3) is 0 Å². The van der Waals surface area contributed by atoms with E-state index < -0.39 is 0 Å². The standard InChI is InChI=1S/C18H19ClN4O2S/c1-11(2)23-18(26-15-7-13(19)6-14(24)8-15)16(12(3)21-23)9-22-10-20-5-4-17(22)25/h4-8,10-11,24H,9H2,1-3H3. The smallest absolute Gasteiger partial charge is 0.253 e. The van der Waals surface area contributed by atoms with Crippen molar-refractivity contribution in [2.24, 2.45) is 0 Å². The van der Waals surface area contributed by atoms with Crippen molar-refractivity contribution < 1.29 is 5.11 Å². The van der Waals surface area contributed by atoms with E-state index in [9.17, 15) is 9.90 Å². The van der Waals surface area contributed by atoms with Crippen LogP contribution in [0, 0.1) is 6.92 Å². The normalized spacial score (nSPS) is 11.3. The predicted molar refractivity (Wildman–Crippen MR) is 102 cm³/mol. The number of phenolic OH excluding ortho intramolecular Hbond substituents is 1. The lowest BCUT2D eigenvalue weighted by Gasteiger charge is -2.13. The molecule has 0 amide bonds. The second-order valence-corrected chi connectivity index (χ2v) is 7.70. The van der Waals surface area contributed by atoms with Crippen molar-refractivity contribution in [2.75, 3.05) is 0 Å². The minimum atomic E-state index is -0.118. The summed E-state index contributed by atoms with van der Waals surface area (Å²) < 4.78 is 3.48. The minimum absolute atomic E-state index is 0.109. The van der Waals surface area contributed by atoms with Crippen LogP contribution < -0.4 is 5.56 Å². The maximum atomic E-state index is 12.1. The molecule has 1 N–H and O–H groups in total. The second kappa shape index (κ2) is 7.55. The lowest BCUT2D eigenvalue weighted by Crippen LogP contribution is -2.19. The highest BCUT2D eigenvalue weighted by molar-refractivity contribution is 7.99. The van der Waals surface area contributed by atoms with Crippen molar-refractivity contribution in [3.63, 3.8) is 0 Å². The minimum Gasteiger partial charge on any atom is -0.508 e. The third kappa shape index (κ3) is 3.94. The van der Waals surface area contributed by atoms with Gasteiger partial charge in [0.2, 0.25) is 0 Å². The molecule has 2 aromatic heterocycles. The van der Waals surface area contributed by atoms with E-state index in [0.717, 1.165) is 21.2 Å². The average molecular weight is 391 g/mol. The zero-order valence-electron chi connectivity index (χ0n) is 14.7. The molecule has 2 heterocycles. The molecule has 0 saturated carbocycles. The first kappa shape index (κ1) is 18.5. The predicted octanol–water partition coefficient (Wildman–Crippen LogP) is 3.89. The molecule has 1 aromatic carbocycles. The SMILES string of the molecule is Cc1nn(C(C)C)c(Sc2cc(O)cc(Cl)c2)c1Cn1cnccc1=O. The Hall–Kier alpha value is -2.25. The summed E-state index contributed by atoms with van der Waals surface area (Å²) in [4.78, 5) is 16.9. The van der Waals surface area contributed by atoms with Crippen LogP contribution in [0.4, 0.5) is 0 Å². The highest BCUT2D eigenvalue weighted by atomic mass is 35.5. The van der Waals surface area contributed by atoms with Gasteiger partial charge >= 0.3 is 0 Å². The van der Waals surface area contributed by atoms with Crippen LogP contribution in [-0.2, 0) is 6.54 Å². The number of halogens is 1. The van der Waals surface area contributed by atoms with E-state index in [2.05, 4.69) is 10.1 Å². The van der Waals surface area contributed by atoms with Gasteiger partial charge in [-0.1, -0.05) is 23.4 Å². The van der Waals surface area contributed by atoms with Gasteiger partial charge in [0.1, 0.15) is 10.8 Å². The zero-order chi connectivity index (χ0) is 18.8. The Balaban J connectivity index is 2.07. The zero-order valence-corrected chi connectivity index (χ0v) is 16.3. The Kier molecular flexibility index (Phi) is 5.38. The van der Waals surface area contributed by atoms with Crippen LogP contribution in [0.3, 0.4) is 0 Å².